The van der Waals surface area contributed by atoms with Crippen LogP contribution in [0.3, 0.4) is 0 Å². The Bertz CT molecular complexity index is 1250. The van der Waals surface area contributed by atoms with Crippen LogP contribution in [-0.2, 0) is 14.3 Å². The van der Waals surface area contributed by atoms with Crippen LogP contribution in [-0.4, -0.2) is 49.4 Å². The Morgan fingerprint density at radius 2 is 1.76 bits per heavy atom. The first-order chi connectivity index (χ1) is 16.3. The molecule has 4 rings (SSSR count). The third-order valence-electron chi connectivity index (χ3n) is 5.35. The lowest BCUT2D eigenvalue weighted by Crippen LogP contribution is -2.35. The van der Waals surface area contributed by atoms with E-state index in [0.29, 0.717) is 25.0 Å². The van der Waals surface area contributed by atoms with E-state index in [1.807, 2.05) is 0 Å². The zero-order valence-electron chi connectivity index (χ0n) is 18.8. The Balaban J connectivity index is 1.70. The molecule has 0 bridgehead atoms. The predicted molar refractivity (Wildman–Crippen MR) is 120 cm³/mol. The van der Waals surface area contributed by atoms with Crippen molar-refractivity contribution < 1.29 is 43.1 Å². The van der Waals surface area contributed by atoms with Crippen LogP contribution in [0.5, 0.6) is 28.7 Å². The molecule has 1 aliphatic heterocycles. The summed E-state index contributed by atoms with van der Waals surface area (Å²) < 4.78 is 32.9. The van der Waals surface area contributed by atoms with Crippen LogP contribution >= 0.6 is 0 Å². The van der Waals surface area contributed by atoms with Crippen molar-refractivity contribution in [2.24, 2.45) is 0 Å². The van der Waals surface area contributed by atoms with Crippen LogP contribution in [0.1, 0.15) is 19.8 Å². The largest absolute Gasteiger partial charge is 0.507 e. The third kappa shape index (κ3) is 4.72. The van der Waals surface area contributed by atoms with Gasteiger partial charge < -0.3 is 38.3 Å². The van der Waals surface area contributed by atoms with E-state index >= 15 is 0 Å². The van der Waals surface area contributed by atoms with Crippen molar-refractivity contribution in [1.82, 2.24) is 0 Å². The predicted octanol–water partition coefficient (Wildman–Crippen LogP) is 3.34. The number of phenols is 2. The summed E-state index contributed by atoms with van der Waals surface area (Å²) in [6, 6.07) is 6.97. The number of hydrogen-bond acceptors (Lipinski definition) is 10. The zero-order valence-corrected chi connectivity index (χ0v) is 18.8. The van der Waals surface area contributed by atoms with Crippen molar-refractivity contribution in [1.29, 1.82) is 0 Å². The molecule has 0 spiro atoms. The summed E-state index contributed by atoms with van der Waals surface area (Å²) in [5.41, 5.74) is 0.0159. The van der Waals surface area contributed by atoms with E-state index < -0.39 is 11.7 Å². The number of phenolic OH excluding ortho intramolecular Hbond substituents is 2. The Kier molecular flexibility index (Phi) is 6.51. The minimum Gasteiger partial charge on any atom is -0.507 e. The molecule has 0 amide bonds. The number of carbonyl (C=O) groups is 1. The molecule has 10 heteroatoms. The molecule has 10 nitrogen and oxygen atoms in total. The minimum atomic E-state index is -0.713. The van der Waals surface area contributed by atoms with Crippen molar-refractivity contribution in [3.8, 4) is 40.1 Å². The van der Waals surface area contributed by atoms with Gasteiger partial charge in [-0.25, -0.2) is 0 Å². The molecule has 1 aliphatic rings. The van der Waals surface area contributed by atoms with Crippen molar-refractivity contribution in [2.75, 3.05) is 20.8 Å². The molecule has 3 aromatic rings. The fourth-order valence-corrected chi connectivity index (χ4v) is 3.80. The number of rotatable bonds is 6. The lowest BCUT2D eigenvalue weighted by Gasteiger charge is -2.29. The number of fused-ring (bicyclic) bond motifs is 1. The average Bonchev–Trinajstić information content (AvgIpc) is 2.78. The summed E-state index contributed by atoms with van der Waals surface area (Å²) in [4.78, 5) is 24.0. The molecule has 2 heterocycles. The molecule has 0 unspecified atom stereocenters. The fraction of sp³-hybridized carbons (Fsp3) is 0.333. The second-order valence-electron chi connectivity index (χ2n) is 7.69. The number of carbonyl (C=O) groups excluding carboxylic acids is 1. The van der Waals surface area contributed by atoms with E-state index in [0.717, 1.165) is 0 Å². The highest BCUT2D eigenvalue weighted by Crippen LogP contribution is 2.41. The molecular formula is C24H24O10. The van der Waals surface area contributed by atoms with E-state index in [2.05, 4.69) is 0 Å². The van der Waals surface area contributed by atoms with Crippen LogP contribution in [0.4, 0.5) is 0 Å². The Morgan fingerprint density at radius 1 is 1.06 bits per heavy atom. The minimum absolute atomic E-state index is 0.0174. The first-order valence-corrected chi connectivity index (χ1v) is 10.5. The number of ether oxygens (including phenoxy) is 5. The standard InChI is InChI=1S/C24H24O10/c1-12(25)32-14-4-5-31-22(10-14)33-15-8-16(26)23-17(27)11-18(34-19(23)9-15)13-6-20(29-2)24(28)21(7-13)30-3/h6-9,11,14,22,26,28H,4-5,10H2,1-3H3/t14-,22-/m0/s1. The molecule has 1 fully saturated rings. The van der Waals surface area contributed by atoms with E-state index in [-0.39, 0.29) is 57.6 Å². The molecule has 0 radical (unpaired) electrons. The number of aromatic hydroxyl groups is 2. The Morgan fingerprint density at radius 3 is 2.41 bits per heavy atom. The van der Waals surface area contributed by atoms with Crippen LogP contribution in [0.25, 0.3) is 22.3 Å². The number of benzene rings is 2. The number of methoxy groups -OCH3 is 2. The van der Waals surface area contributed by atoms with Crippen LogP contribution < -0.4 is 19.6 Å². The highest BCUT2D eigenvalue weighted by molar-refractivity contribution is 5.86. The van der Waals surface area contributed by atoms with E-state index in [1.165, 1.54) is 51.5 Å². The average molecular weight is 472 g/mol. The summed E-state index contributed by atoms with van der Waals surface area (Å²) in [6.07, 6.45) is -0.180. The van der Waals surface area contributed by atoms with E-state index in [1.54, 1.807) is 0 Å². The van der Waals surface area contributed by atoms with Gasteiger partial charge in [-0.05, 0) is 12.1 Å². The monoisotopic (exact) mass is 472 g/mol. The normalized spacial score (nSPS) is 17.9. The summed E-state index contributed by atoms with van der Waals surface area (Å²) >= 11 is 0. The highest BCUT2D eigenvalue weighted by atomic mass is 16.7. The van der Waals surface area contributed by atoms with E-state index in [4.69, 9.17) is 28.1 Å². The van der Waals surface area contributed by atoms with Gasteiger partial charge in [0.15, 0.2) is 16.9 Å². The van der Waals surface area contributed by atoms with Gasteiger partial charge in [-0.15, -0.1) is 0 Å². The molecule has 1 aromatic heterocycles. The summed E-state index contributed by atoms with van der Waals surface area (Å²) in [7, 11) is 2.77. The van der Waals surface area contributed by atoms with Crippen molar-refractivity contribution in [2.45, 2.75) is 32.2 Å². The zero-order chi connectivity index (χ0) is 24.4. The van der Waals surface area contributed by atoms with Crippen LogP contribution in [0.15, 0.2) is 39.5 Å². The van der Waals surface area contributed by atoms with Gasteiger partial charge in [0.05, 0.1) is 20.8 Å². The number of esters is 1. The maximum Gasteiger partial charge on any atom is 0.302 e. The lowest BCUT2D eigenvalue weighted by molar-refractivity contribution is -0.168. The quantitative estimate of drug-likeness (QED) is 0.515. The third-order valence-corrected chi connectivity index (χ3v) is 5.35. The first kappa shape index (κ1) is 23.2. The molecule has 2 atom stereocenters. The van der Waals surface area contributed by atoms with Gasteiger partial charge in [-0.2, -0.15) is 0 Å². The van der Waals surface area contributed by atoms with Gasteiger partial charge >= 0.3 is 5.97 Å². The summed E-state index contributed by atoms with van der Waals surface area (Å²) in [6.45, 7) is 1.68. The molecule has 0 aliphatic carbocycles. The molecule has 1 saturated heterocycles. The summed E-state index contributed by atoms with van der Waals surface area (Å²) in [5.74, 6) is -0.256. The van der Waals surface area contributed by atoms with Gasteiger partial charge in [-0.3, -0.25) is 9.59 Å². The first-order valence-electron chi connectivity index (χ1n) is 10.5. The maximum absolute atomic E-state index is 12.8. The molecule has 180 valence electrons. The molecule has 0 saturated carbocycles. The molecular weight excluding hydrogens is 448 g/mol. The smallest absolute Gasteiger partial charge is 0.302 e. The van der Waals surface area contributed by atoms with Crippen molar-refractivity contribution >= 4 is 16.9 Å². The second-order valence-corrected chi connectivity index (χ2v) is 7.69. The van der Waals surface area contributed by atoms with Gasteiger partial charge in [0, 0.05) is 43.5 Å². The highest BCUT2D eigenvalue weighted by Gasteiger charge is 2.27. The van der Waals surface area contributed by atoms with Crippen molar-refractivity contribution in [3.05, 3.63) is 40.6 Å². The van der Waals surface area contributed by atoms with E-state index in [9.17, 15) is 19.8 Å². The second kappa shape index (κ2) is 9.52. The topological polar surface area (TPSA) is 134 Å². The van der Waals surface area contributed by atoms with Gasteiger partial charge in [0.25, 0.3) is 0 Å². The Labute approximate surface area is 194 Å². The molecule has 34 heavy (non-hydrogen) atoms. The SMILES string of the molecule is COc1cc(-c2cc(=O)c3c(O)cc(O[C@H]4C[C@@H](OC(C)=O)CCO4)cc3o2)cc(OC)c1O. The van der Waals surface area contributed by atoms with Crippen LogP contribution in [0, 0.1) is 0 Å². The Hall–Kier alpha value is -3.92. The number of hydrogen-bond donors (Lipinski definition) is 2. The summed E-state index contributed by atoms with van der Waals surface area (Å²) in [5, 5.41) is 20.6. The van der Waals surface area contributed by atoms with Crippen LogP contribution in [0.2, 0.25) is 0 Å². The fourth-order valence-electron chi connectivity index (χ4n) is 3.80. The molecule has 2 aromatic carbocycles. The van der Waals surface area contributed by atoms with Gasteiger partial charge in [0.1, 0.15) is 34.3 Å². The van der Waals surface area contributed by atoms with Gasteiger partial charge in [0.2, 0.25) is 12.0 Å². The maximum atomic E-state index is 12.8. The van der Waals surface area contributed by atoms with Crippen molar-refractivity contribution in [3.63, 3.8) is 0 Å². The lowest BCUT2D eigenvalue weighted by atomic mass is 10.1. The molecule has 2 N–H and O–H groups in total. The van der Waals surface area contributed by atoms with Gasteiger partial charge in [-0.1, -0.05) is 0 Å².